The number of rotatable bonds is 3. The van der Waals surface area contributed by atoms with Gasteiger partial charge in [0.1, 0.15) is 5.82 Å². The molecule has 2 amide bonds. The molecule has 1 aromatic carbocycles. The largest absolute Gasteiger partial charge is 0.381 e. The number of benzene rings is 1. The predicted octanol–water partition coefficient (Wildman–Crippen LogP) is 2.98. The summed E-state index contributed by atoms with van der Waals surface area (Å²) in [6.45, 7) is 2.01. The van der Waals surface area contributed by atoms with E-state index < -0.39 is 5.82 Å². The van der Waals surface area contributed by atoms with Crippen LogP contribution < -0.4 is 5.32 Å². The Balaban J connectivity index is 1.92. The molecule has 0 aromatic heterocycles. The highest BCUT2D eigenvalue weighted by Crippen LogP contribution is 2.19. The van der Waals surface area contributed by atoms with Crippen molar-refractivity contribution in [3.05, 3.63) is 29.0 Å². The fourth-order valence-electron chi connectivity index (χ4n) is 2.00. The lowest BCUT2D eigenvalue weighted by atomic mass is 10.1. The van der Waals surface area contributed by atoms with Crippen molar-refractivity contribution in [1.29, 1.82) is 0 Å². The highest BCUT2D eigenvalue weighted by molar-refractivity contribution is 6.30. The normalized spacial score (nSPS) is 18.4. The first-order valence-corrected chi connectivity index (χ1v) is 6.49. The van der Waals surface area contributed by atoms with E-state index in [2.05, 4.69) is 5.32 Å². The minimum absolute atomic E-state index is 0.129. The number of urea groups is 1. The fraction of sp³-hybridized carbons (Fsp3) is 0.462. The Kier molecular flexibility index (Phi) is 4.61. The number of halogens is 2. The summed E-state index contributed by atoms with van der Waals surface area (Å²) in [4.78, 5) is 13.4. The Morgan fingerprint density at radius 3 is 3.05 bits per heavy atom. The van der Waals surface area contributed by atoms with Crippen LogP contribution in [0.5, 0.6) is 0 Å². The van der Waals surface area contributed by atoms with Crippen LogP contribution in [0.15, 0.2) is 18.2 Å². The van der Waals surface area contributed by atoms with E-state index in [9.17, 15) is 9.18 Å². The molecule has 1 fully saturated rings. The number of nitrogens with one attached hydrogen (secondary N) is 1. The standard InChI is InChI=1S/C13H16ClFN2O2/c1-17(7-9-4-5-19-8-9)13(18)16-12-3-2-10(14)6-11(12)15/h2-3,6,9H,4-5,7-8H2,1H3,(H,16,18). The summed E-state index contributed by atoms with van der Waals surface area (Å²) < 4.78 is 18.8. The van der Waals surface area contributed by atoms with Crippen LogP contribution in [0.25, 0.3) is 0 Å². The van der Waals surface area contributed by atoms with E-state index in [1.807, 2.05) is 0 Å². The summed E-state index contributed by atoms with van der Waals surface area (Å²) in [5.74, 6) is -0.190. The van der Waals surface area contributed by atoms with Gasteiger partial charge in [0.25, 0.3) is 0 Å². The number of hydrogen-bond donors (Lipinski definition) is 1. The summed E-state index contributed by atoms with van der Waals surface area (Å²) >= 11 is 5.65. The molecule has 2 rings (SSSR count). The van der Waals surface area contributed by atoms with Crippen molar-refractivity contribution in [1.82, 2.24) is 4.90 Å². The molecule has 0 spiro atoms. The van der Waals surface area contributed by atoms with Crippen molar-refractivity contribution in [2.24, 2.45) is 5.92 Å². The van der Waals surface area contributed by atoms with Crippen LogP contribution in [-0.2, 0) is 4.74 Å². The summed E-state index contributed by atoms with van der Waals surface area (Å²) in [5, 5.41) is 2.82. The molecule has 6 heteroatoms. The Morgan fingerprint density at radius 2 is 2.42 bits per heavy atom. The summed E-state index contributed by atoms with van der Waals surface area (Å²) in [7, 11) is 1.68. The van der Waals surface area contributed by atoms with Gasteiger partial charge in [-0.25, -0.2) is 9.18 Å². The fourth-order valence-corrected chi connectivity index (χ4v) is 2.16. The van der Waals surface area contributed by atoms with Crippen molar-refractivity contribution in [2.75, 3.05) is 32.1 Å². The van der Waals surface area contributed by atoms with Crippen molar-refractivity contribution in [3.63, 3.8) is 0 Å². The lowest BCUT2D eigenvalue weighted by molar-refractivity contribution is 0.175. The van der Waals surface area contributed by atoms with Crippen LogP contribution >= 0.6 is 11.6 Å². The summed E-state index contributed by atoms with van der Waals surface area (Å²) in [6, 6.07) is 3.81. The second-order valence-electron chi connectivity index (χ2n) is 4.66. The number of carbonyl (C=O) groups is 1. The lowest BCUT2D eigenvalue weighted by Crippen LogP contribution is -2.35. The van der Waals surface area contributed by atoms with Crippen molar-refractivity contribution in [2.45, 2.75) is 6.42 Å². The minimum atomic E-state index is -0.543. The zero-order valence-corrected chi connectivity index (χ0v) is 11.4. The highest BCUT2D eigenvalue weighted by Gasteiger charge is 2.20. The van der Waals surface area contributed by atoms with Gasteiger partial charge in [-0.05, 0) is 24.6 Å². The molecule has 4 nitrogen and oxygen atoms in total. The average molecular weight is 287 g/mol. The minimum Gasteiger partial charge on any atom is -0.381 e. The first kappa shape index (κ1) is 14.1. The molecule has 1 atom stereocenters. The Morgan fingerprint density at radius 1 is 1.63 bits per heavy atom. The van der Waals surface area contributed by atoms with Gasteiger partial charge in [0.2, 0.25) is 0 Å². The molecule has 0 bridgehead atoms. The molecule has 1 aromatic rings. The zero-order valence-electron chi connectivity index (χ0n) is 10.7. The Labute approximate surface area is 116 Å². The molecule has 1 unspecified atom stereocenters. The zero-order chi connectivity index (χ0) is 13.8. The smallest absolute Gasteiger partial charge is 0.321 e. The van der Waals surface area contributed by atoms with Crippen molar-refractivity contribution >= 4 is 23.3 Å². The molecule has 0 saturated carbocycles. The molecule has 0 radical (unpaired) electrons. The number of ether oxygens (including phenoxy) is 1. The maximum Gasteiger partial charge on any atom is 0.321 e. The van der Waals surface area contributed by atoms with E-state index >= 15 is 0 Å². The third kappa shape index (κ3) is 3.81. The second kappa shape index (κ2) is 6.21. The van der Waals surface area contributed by atoms with Crippen LogP contribution in [0.1, 0.15) is 6.42 Å². The molecule has 1 aliphatic heterocycles. The molecule has 19 heavy (non-hydrogen) atoms. The number of amides is 2. The Hall–Kier alpha value is -1.33. The molecule has 1 saturated heterocycles. The molecule has 1 heterocycles. The maximum absolute atomic E-state index is 13.5. The van der Waals surface area contributed by atoms with Crippen molar-refractivity contribution < 1.29 is 13.9 Å². The van der Waals surface area contributed by atoms with Gasteiger partial charge >= 0.3 is 6.03 Å². The van der Waals surface area contributed by atoms with Gasteiger partial charge in [-0.1, -0.05) is 11.6 Å². The molecule has 1 aliphatic rings. The average Bonchev–Trinajstić information content (AvgIpc) is 2.85. The maximum atomic E-state index is 13.5. The second-order valence-corrected chi connectivity index (χ2v) is 5.10. The monoisotopic (exact) mass is 286 g/mol. The Bertz CT molecular complexity index is 464. The van der Waals surface area contributed by atoms with E-state index in [1.165, 1.54) is 23.1 Å². The van der Waals surface area contributed by atoms with Gasteiger partial charge in [0.05, 0.1) is 12.3 Å². The quantitative estimate of drug-likeness (QED) is 0.928. The van der Waals surface area contributed by atoms with Gasteiger partial charge < -0.3 is 15.0 Å². The van der Waals surface area contributed by atoms with Crippen LogP contribution in [0.4, 0.5) is 14.9 Å². The van der Waals surface area contributed by atoms with Gasteiger partial charge in [0.15, 0.2) is 0 Å². The van der Waals surface area contributed by atoms with Crippen LogP contribution in [-0.4, -0.2) is 37.7 Å². The van der Waals surface area contributed by atoms with E-state index in [0.29, 0.717) is 24.1 Å². The topological polar surface area (TPSA) is 41.6 Å². The van der Waals surface area contributed by atoms with E-state index in [4.69, 9.17) is 16.3 Å². The summed E-state index contributed by atoms with van der Waals surface area (Å²) in [6.07, 6.45) is 0.951. The van der Waals surface area contributed by atoms with Gasteiger partial charge in [0, 0.05) is 31.1 Å². The van der Waals surface area contributed by atoms with Gasteiger partial charge in [-0.15, -0.1) is 0 Å². The molecular formula is C13H16ClFN2O2. The van der Waals surface area contributed by atoms with E-state index in [-0.39, 0.29) is 11.7 Å². The van der Waals surface area contributed by atoms with Gasteiger partial charge in [-0.2, -0.15) is 0 Å². The first-order valence-electron chi connectivity index (χ1n) is 6.11. The number of nitrogens with zero attached hydrogens (tertiary/aromatic N) is 1. The summed E-state index contributed by atoms with van der Waals surface area (Å²) in [5.41, 5.74) is 0.129. The van der Waals surface area contributed by atoms with Crippen molar-refractivity contribution in [3.8, 4) is 0 Å². The third-order valence-corrected chi connectivity index (χ3v) is 3.31. The first-order chi connectivity index (χ1) is 9.06. The third-order valence-electron chi connectivity index (χ3n) is 3.08. The molecule has 1 N–H and O–H groups in total. The SMILES string of the molecule is CN(CC1CCOC1)C(=O)Nc1ccc(Cl)cc1F. The number of carbonyl (C=O) groups excluding carboxylic acids is 1. The van der Waals surface area contributed by atoms with E-state index in [0.717, 1.165) is 13.0 Å². The van der Waals surface area contributed by atoms with Crippen LogP contribution in [0.3, 0.4) is 0 Å². The highest BCUT2D eigenvalue weighted by atomic mass is 35.5. The lowest BCUT2D eigenvalue weighted by Gasteiger charge is -2.21. The number of anilines is 1. The number of hydrogen-bond acceptors (Lipinski definition) is 2. The van der Waals surface area contributed by atoms with Crippen LogP contribution in [0, 0.1) is 11.7 Å². The van der Waals surface area contributed by atoms with E-state index in [1.54, 1.807) is 7.05 Å². The van der Waals surface area contributed by atoms with Crippen LogP contribution in [0.2, 0.25) is 5.02 Å². The molecular weight excluding hydrogens is 271 g/mol. The predicted molar refractivity (Wildman–Crippen MR) is 72.0 cm³/mol. The molecule has 0 aliphatic carbocycles. The van der Waals surface area contributed by atoms with Gasteiger partial charge in [-0.3, -0.25) is 0 Å². The molecule has 104 valence electrons.